The average Bonchev–Trinajstić information content (AvgIpc) is 2.86. The van der Waals surface area contributed by atoms with Crippen LogP contribution in [0.2, 0.25) is 5.02 Å². The summed E-state index contributed by atoms with van der Waals surface area (Å²) in [6.07, 6.45) is 5.16. The van der Waals surface area contributed by atoms with E-state index in [9.17, 15) is 4.79 Å². The molecule has 1 fully saturated rings. The number of hydrogen-bond acceptors (Lipinski definition) is 2. The Balaban J connectivity index is 2.08. The number of nitrogens with one attached hydrogen (secondary N) is 1. The predicted octanol–water partition coefficient (Wildman–Crippen LogP) is 3.01. The van der Waals surface area contributed by atoms with Crippen LogP contribution in [0.5, 0.6) is 0 Å². The van der Waals surface area contributed by atoms with Crippen LogP contribution in [0.15, 0.2) is 12.3 Å². The van der Waals surface area contributed by atoms with E-state index in [1.807, 2.05) is 22.6 Å². The Morgan fingerprint density at radius 3 is 2.76 bits per heavy atom. The molecule has 21 heavy (non-hydrogen) atoms. The van der Waals surface area contributed by atoms with Crippen molar-refractivity contribution >= 4 is 17.5 Å². The van der Waals surface area contributed by atoms with Gasteiger partial charge in [0.05, 0.1) is 5.02 Å². The van der Waals surface area contributed by atoms with Crippen molar-refractivity contribution in [2.75, 3.05) is 26.2 Å². The number of carbonyl (C=O) groups excluding carboxylic acids is 1. The van der Waals surface area contributed by atoms with Crippen LogP contribution in [-0.4, -0.2) is 41.6 Å². The molecule has 1 saturated heterocycles. The largest absolute Gasteiger partial charge is 0.342 e. The Morgan fingerprint density at radius 2 is 2.14 bits per heavy atom. The molecule has 1 aliphatic rings. The van der Waals surface area contributed by atoms with Gasteiger partial charge in [-0.25, -0.2) is 0 Å². The minimum Gasteiger partial charge on any atom is -0.342 e. The van der Waals surface area contributed by atoms with Gasteiger partial charge in [0.25, 0.3) is 5.91 Å². The number of nitrogens with zero attached hydrogens (tertiary/aromatic N) is 2. The normalized spacial score (nSPS) is 16.1. The van der Waals surface area contributed by atoms with Gasteiger partial charge in [-0.1, -0.05) is 18.5 Å². The smallest absolute Gasteiger partial charge is 0.270 e. The highest BCUT2D eigenvalue weighted by Gasteiger charge is 2.23. The molecule has 1 aromatic heterocycles. The number of halogens is 1. The molecule has 0 aliphatic carbocycles. The first-order valence-corrected chi connectivity index (χ1v) is 8.39. The molecule has 0 aromatic carbocycles. The highest BCUT2D eigenvalue weighted by molar-refractivity contribution is 6.31. The maximum atomic E-state index is 12.8. The zero-order valence-corrected chi connectivity index (χ0v) is 13.8. The highest BCUT2D eigenvalue weighted by Crippen LogP contribution is 2.19. The average molecular weight is 312 g/mol. The Morgan fingerprint density at radius 1 is 1.43 bits per heavy atom. The molecule has 4 nitrogen and oxygen atoms in total. The van der Waals surface area contributed by atoms with Gasteiger partial charge in [-0.15, -0.1) is 0 Å². The van der Waals surface area contributed by atoms with Crippen molar-refractivity contribution in [1.82, 2.24) is 14.8 Å². The van der Waals surface area contributed by atoms with Crippen LogP contribution >= 0.6 is 11.6 Å². The molecule has 2 heterocycles. The van der Waals surface area contributed by atoms with Crippen molar-refractivity contribution < 1.29 is 4.79 Å². The van der Waals surface area contributed by atoms with Crippen LogP contribution in [0.3, 0.4) is 0 Å². The molecule has 1 aromatic rings. The maximum absolute atomic E-state index is 12.8. The molecular weight excluding hydrogens is 286 g/mol. The number of aromatic nitrogens is 1. The van der Waals surface area contributed by atoms with E-state index in [2.05, 4.69) is 12.2 Å². The predicted molar refractivity (Wildman–Crippen MR) is 86.9 cm³/mol. The van der Waals surface area contributed by atoms with Crippen LogP contribution in [0.1, 0.15) is 43.6 Å². The van der Waals surface area contributed by atoms with E-state index in [0.29, 0.717) is 10.9 Å². The van der Waals surface area contributed by atoms with E-state index in [4.69, 9.17) is 11.6 Å². The third-order valence-corrected chi connectivity index (χ3v) is 4.36. The van der Waals surface area contributed by atoms with Gasteiger partial charge in [-0.3, -0.25) is 4.79 Å². The molecule has 0 spiro atoms. The van der Waals surface area contributed by atoms with E-state index in [0.717, 1.165) is 57.7 Å². The number of carbonyl (C=O) groups is 1. The van der Waals surface area contributed by atoms with E-state index in [1.54, 1.807) is 6.07 Å². The van der Waals surface area contributed by atoms with Gasteiger partial charge in [0.2, 0.25) is 0 Å². The summed E-state index contributed by atoms with van der Waals surface area (Å²) < 4.78 is 1.98. The summed E-state index contributed by atoms with van der Waals surface area (Å²) in [5, 5.41) is 4.01. The van der Waals surface area contributed by atoms with E-state index in [1.165, 1.54) is 0 Å². The molecule has 1 aliphatic heterocycles. The highest BCUT2D eigenvalue weighted by atomic mass is 35.5. The van der Waals surface area contributed by atoms with Crippen molar-refractivity contribution in [1.29, 1.82) is 0 Å². The summed E-state index contributed by atoms with van der Waals surface area (Å²) in [6.45, 7) is 8.72. The number of aryl methyl sites for hydroxylation is 1. The molecule has 0 saturated carbocycles. The molecule has 0 bridgehead atoms. The number of amides is 1. The van der Waals surface area contributed by atoms with Gasteiger partial charge in [0.15, 0.2) is 0 Å². The number of rotatable bonds is 6. The Labute approximate surface area is 132 Å². The zero-order chi connectivity index (χ0) is 15.2. The van der Waals surface area contributed by atoms with Gasteiger partial charge in [0, 0.05) is 25.8 Å². The minimum atomic E-state index is 0.108. The standard InChI is InChI=1S/C16H26ClN3O/c1-3-9-20-12-14(17)10-15(20)16(21)19(4-2)11-13-5-7-18-8-6-13/h10,12-13,18H,3-9,11H2,1-2H3. The lowest BCUT2D eigenvalue weighted by Gasteiger charge is -2.29. The molecular formula is C16H26ClN3O. The van der Waals surface area contributed by atoms with Gasteiger partial charge < -0.3 is 14.8 Å². The summed E-state index contributed by atoms with van der Waals surface area (Å²) in [5.41, 5.74) is 0.720. The Hall–Kier alpha value is -1.00. The monoisotopic (exact) mass is 311 g/mol. The second-order valence-corrected chi connectivity index (χ2v) is 6.21. The molecule has 0 unspecified atom stereocenters. The Bertz CT molecular complexity index is 466. The lowest BCUT2D eigenvalue weighted by atomic mass is 9.97. The zero-order valence-electron chi connectivity index (χ0n) is 13.1. The van der Waals surface area contributed by atoms with Crippen LogP contribution in [0.4, 0.5) is 0 Å². The van der Waals surface area contributed by atoms with E-state index in [-0.39, 0.29) is 5.91 Å². The summed E-state index contributed by atoms with van der Waals surface area (Å²) in [7, 11) is 0. The Kier molecular flexibility index (Phi) is 6.12. The summed E-state index contributed by atoms with van der Waals surface area (Å²) in [6, 6.07) is 1.80. The fourth-order valence-electron chi connectivity index (χ4n) is 2.97. The summed E-state index contributed by atoms with van der Waals surface area (Å²) >= 11 is 6.09. The van der Waals surface area contributed by atoms with Gasteiger partial charge in [-0.2, -0.15) is 0 Å². The molecule has 2 rings (SSSR count). The van der Waals surface area contributed by atoms with Gasteiger partial charge >= 0.3 is 0 Å². The number of piperidine rings is 1. The van der Waals surface area contributed by atoms with E-state index >= 15 is 0 Å². The van der Waals surface area contributed by atoms with Crippen LogP contribution in [0, 0.1) is 5.92 Å². The first kappa shape index (κ1) is 16.4. The molecule has 1 amide bonds. The van der Waals surface area contributed by atoms with Crippen LogP contribution in [-0.2, 0) is 6.54 Å². The summed E-state index contributed by atoms with van der Waals surface area (Å²) in [5.74, 6) is 0.719. The molecule has 5 heteroatoms. The third kappa shape index (κ3) is 4.24. The van der Waals surface area contributed by atoms with Gasteiger partial charge in [0.1, 0.15) is 5.69 Å². The quantitative estimate of drug-likeness (QED) is 0.877. The maximum Gasteiger partial charge on any atom is 0.270 e. The van der Waals surface area contributed by atoms with Crippen molar-refractivity contribution in [2.24, 2.45) is 5.92 Å². The van der Waals surface area contributed by atoms with Crippen molar-refractivity contribution in [2.45, 2.75) is 39.7 Å². The van der Waals surface area contributed by atoms with Crippen molar-refractivity contribution in [3.05, 3.63) is 23.0 Å². The molecule has 118 valence electrons. The van der Waals surface area contributed by atoms with Gasteiger partial charge in [-0.05, 0) is 51.3 Å². The molecule has 1 N–H and O–H groups in total. The number of hydrogen-bond donors (Lipinski definition) is 1. The topological polar surface area (TPSA) is 37.3 Å². The third-order valence-electron chi connectivity index (χ3n) is 4.15. The first-order chi connectivity index (χ1) is 10.2. The van der Waals surface area contributed by atoms with Crippen molar-refractivity contribution in [3.63, 3.8) is 0 Å². The fourth-order valence-corrected chi connectivity index (χ4v) is 3.19. The second-order valence-electron chi connectivity index (χ2n) is 5.77. The van der Waals surface area contributed by atoms with E-state index < -0.39 is 0 Å². The lowest BCUT2D eigenvalue weighted by molar-refractivity contribution is 0.0715. The first-order valence-electron chi connectivity index (χ1n) is 8.01. The second kappa shape index (κ2) is 7.85. The fraction of sp³-hybridized carbons (Fsp3) is 0.688. The molecule has 0 atom stereocenters. The SMILES string of the molecule is CCCn1cc(Cl)cc1C(=O)N(CC)CC1CCNCC1. The summed E-state index contributed by atoms with van der Waals surface area (Å²) in [4.78, 5) is 14.8. The van der Waals surface area contributed by atoms with Crippen LogP contribution in [0.25, 0.3) is 0 Å². The minimum absolute atomic E-state index is 0.108. The van der Waals surface area contributed by atoms with Crippen molar-refractivity contribution in [3.8, 4) is 0 Å². The lowest BCUT2D eigenvalue weighted by Crippen LogP contribution is -2.39. The van der Waals surface area contributed by atoms with Crippen LogP contribution < -0.4 is 5.32 Å². The molecule has 0 radical (unpaired) electrons.